The average Bonchev–Trinajstić information content (AvgIpc) is 3.08. The molecular weight excluding hydrogens is 573 g/mol. The Morgan fingerprint density at radius 3 is 0.667 bits per heavy atom. The van der Waals surface area contributed by atoms with Crippen LogP contribution in [-0.4, -0.2) is 30.9 Å². The third-order valence-corrected chi connectivity index (χ3v) is 11.3. The molecule has 0 saturated carbocycles. The van der Waals surface area contributed by atoms with Gasteiger partial charge in [0.05, 0.1) is 0 Å². The van der Waals surface area contributed by atoms with Crippen molar-refractivity contribution in [3.05, 3.63) is 0 Å². The predicted octanol–water partition coefficient (Wildman–Crippen LogP) is 16.6. The fourth-order valence-electron chi connectivity index (χ4n) is 7.93. The van der Waals surface area contributed by atoms with E-state index in [-0.39, 0.29) is 18.9 Å². The summed E-state index contributed by atoms with van der Waals surface area (Å²) in [5.41, 5.74) is 0.420. The molecule has 0 fully saturated rings. The maximum absolute atomic E-state index is 4.33. The van der Waals surface area contributed by atoms with Crippen LogP contribution in [0.15, 0.2) is 0 Å². The average molecular weight is 669 g/mol. The monoisotopic (exact) mass is 669 g/mol. The van der Waals surface area contributed by atoms with Gasteiger partial charge in [0.1, 0.15) is 0 Å². The summed E-state index contributed by atoms with van der Waals surface area (Å²) in [7, 11) is 0. The molecule has 0 aliphatic heterocycles. The Kier molecular flexibility index (Phi) is 46.1. The third kappa shape index (κ3) is 37.8. The standard InChI is InChI=1S/C46H95N.Li/c1-5-9-13-17-21-24-26-28-31-35-39-43-46(42-38-34-30-20-16-12-8-4,47-45-41-37-33-23-19-15-11-7-3)44-40-36-32-29-27-25-22-18-14-10-6-2;/h47H,5-45H2,1-4H3;. The van der Waals surface area contributed by atoms with Crippen molar-refractivity contribution >= 4 is 18.9 Å². The van der Waals surface area contributed by atoms with E-state index in [1.165, 1.54) is 263 Å². The second-order valence-corrected chi connectivity index (χ2v) is 16.1. The van der Waals surface area contributed by atoms with Gasteiger partial charge < -0.3 is 5.32 Å². The van der Waals surface area contributed by atoms with E-state index in [4.69, 9.17) is 0 Å². The molecule has 0 bridgehead atoms. The van der Waals surface area contributed by atoms with Crippen LogP contribution < -0.4 is 5.32 Å². The molecule has 0 aromatic heterocycles. The van der Waals surface area contributed by atoms with E-state index in [9.17, 15) is 0 Å². The summed E-state index contributed by atoms with van der Waals surface area (Å²) in [6.07, 6.45) is 57.9. The predicted molar refractivity (Wildman–Crippen MR) is 224 cm³/mol. The van der Waals surface area contributed by atoms with Gasteiger partial charge in [-0.15, -0.1) is 0 Å². The van der Waals surface area contributed by atoms with Crippen LogP contribution in [0.25, 0.3) is 0 Å². The quantitative estimate of drug-likeness (QED) is 0.0504. The first-order valence-electron chi connectivity index (χ1n) is 23.0. The molecule has 0 aromatic carbocycles. The molecular formula is C46H95LiN. The molecule has 0 unspecified atom stereocenters. The molecule has 0 aliphatic rings. The molecule has 2 heteroatoms. The van der Waals surface area contributed by atoms with Gasteiger partial charge in [-0.1, -0.05) is 259 Å². The summed E-state index contributed by atoms with van der Waals surface area (Å²) >= 11 is 0. The molecule has 1 N–H and O–H groups in total. The van der Waals surface area contributed by atoms with E-state index in [2.05, 4.69) is 33.0 Å². The summed E-state index contributed by atoms with van der Waals surface area (Å²) in [6, 6.07) is 0. The number of hydrogen-bond acceptors (Lipinski definition) is 1. The van der Waals surface area contributed by atoms with Crippen molar-refractivity contribution < 1.29 is 0 Å². The normalized spacial score (nSPS) is 11.8. The zero-order chi connectivity index (χ0) is 34.2. The van der Waals surface area contributed by atoms with Gasteiger partial charge in [0.15, 0.2) is 0 Å². The van der Waals surface area contributed by atoms with Gasteiger partial charge >= 0.3 is 0 Å². The zero-order valence-electron chi connectivity index (χ0n) is 35.0. The topological polar surface area (TPSA) is 12.0 Å². The SMILES string of the molecule is CCCCCCCCCCCCCC(CCCCCCCCC)(CCCCCCCCCCCCC)NCCCCCCCCCC.[Li]. The van der Waals surface area contributed by atoms with Crippen molar-refractivity contribution in [3.8, 4) is 0 Å². The Morgan fingerprint density at radius 1 is 0.250 bits per heavy atom. The Labute approximate surface area is 319 Å². The molecule has 0 saturated heterocycles. The first-order chi connectivity index (χ1) is 23.2. The van der Waals surface area contributed by atoms with Crippen molar-refractivity contribution in [2.24, 2.45) is 0 Å². The molecule has 285 valence electrons. The minimum absolute atomic E-state index is 0. The summed E-state index contributed by atoms with van der Waals surface area (Å²) < 4.78 is 0. The number of unbranched alkanes of at least 4 members (excludes halogenated alkanes) is 33. The van der Waals surface area contributed by atoms with Crippen LogP contribution in [0.1, 0.15) is 285 Å². The smallest absolute Gasteiger partial charge is 0.0181 e. The van der Waals surface area contributed by atoms with E-state index in [1.807, 2.05) is 0 Å². The fraction of sp³-hybridized carbons (Fsp3) is 1.00. The molecule has 0 atom stereocenters. The maximum Gasteiger partial charge on any atom is 0.0181 e. The van der Waals surface area contributed by atoms with Crippen LogP contribution in [0, 0.1) is 0 Å². The Bertz CT molecular complexity index is 522. The first kappa shape index (κ1) is 50.7. The molecule has 48 heavy (non-hydrogen) atoms. The van der Waals surface area contributed by atoms with Crippen molar-refractivity contribution in [1.29, 1.82) is 0 Å². The Morgan fingerprint density at radius 2 is 0.438 bits per heavy atom. The second kappa shape index (κ2) is 43.7. The summed E-state index contributed by atoms with van der Waals surface area (Å²) in [5.74, 6) is 0. The van der Waals surface area contributed by atoms with Crippen LogP contribution in [0.3, 0.4) is 0 Å². The number of hydrogen-bond donors (Lipinski definition) is 1. The van der Waals surface area contributed by atoms with Crippen LogP contribution >= 0.6 is 0 Å². The fourth-order valence-corrected chi connectivity index (χ4v) is 7.93. The molecule has 0 spiro atoms. The van der Waals surface area contributed by atoms with Crippen molar-refractivity contribution in [1.82, 2.24) is 5.32 Å². The van der Waals surface area contributed by atoms with E-state index in [0.29, 0.717) is 5.54 Å². The summed E-state index contributed by atoms with van der Waals surface area (Å²) in [5, 5.41) is 4.33. The van der Waals surface area contributed by atoms with Gasteiger partial charge in [0.25, 0.3) is 0 Å². The van der Waals surface area contributed by atoms with Crippen molar-refractivity contribution in [2.75, 3.05) is 6.54 Å². The molecule has 0 heterocycles. The number of nitrogens with one attached hydrogen (secondary N) is 1. The minimum atomic E-state index is 0. The van der Waals surface area contributed by atoms with Gasteiger partial charge in [0.2, 0.25) is 0 Å². The van der Waals surface area contributed by atoms with E-state index < -0.39 is 0 Å². The van der Waals surface area contributed by atoms with Crippen molar-refractivity contribution in [2.45, 2.75) is 290 Å². The van der Waals surface area contributed by atoms with Crippen LogP contribution in [0.5, 0.6) is 0 Å². The molecule has 1 radical (unpaired) electrons. The van der Waals surface area contributed by atoms with E-state index in [0.717, 1.165) is 0 Å². The second-order valence-electron chi connectivity index (χ2n) is 16.1. The summed E-state index contributed by atoms with van der Waals surface area (Å²) in [4.78, 5) is 0. The van der Waals surface area contributed by atoms with Gasteiger partial charge in [-0.05, 0) is 32.2 Å². The zero-order valence-corrected chi connectivity index (χ0v) is 35.0. The van der Waals surface area contributed by atoms with E-state index >= 15 is 0 Å². The Balaban J connectivity index is 0. The molecule has 1 nitrogen and oxygen atoms in total. The third-order valence-electron chi connectivity index (χ3n) is 11.3. The number of rotatable bonds is 42. The van der Waals surface area contributed by atoms with Crippen LogP contribution in [0.2, 0.25) is 0 Å². The van der Waals surface area contributed by atoms with Gasteiger partial charge in [-0.3, -0.25) is 0 Å². The molecule has 0 rings (SSSR count). The van der Waals surface area contributed by atoms with Crippen LogP contribution in [0.4, 0.5) is 0 Å². The first-order valence-corrected chi connectivity index (χ1v) is 23.0. The molecule has 0 aromatic rings. The Hall–Kier alpha value is 0.557. The van der Waals surface area contributed by atoms with Gasteiger partial charge in [-0.25, -0.2) is 0 Å². The van der Waals surface area contributed by atoms with Crippen LogP contribution in [-0.2, 0) is 0 Å². The van der Waals surface area contributed by atoms with Gasteiger partial charge in [-0.2, -0.15) is 0 Å². The largest absolute Gasteiger partial charge is 0.311 e. The van der Waals surface area contributed by atoms with E-state index in [1.54, 1.807) is 0 Å². The van der Waals surface area contributed by atoms with Crippen molar-refractivity contribution in [3.63, 3.8) is 0 Å². The molecule has 0 aliphatic carbocycles. The molecule has 0 amide bonds. The minimum Gasteiger partial charge on any atom is -0.311 e. The maximum atomic E-state index is 4.33. The van der Waals surface area contributed by atoms with Gasteiger partial charge in [0, 0.05) is 24.4 Å². The summed E-state index contributed by atoms with van der Waals surface area (Å²) in [6.45, 7) is 10.6.